The van der Waals surface area contributed by atoms with Crippen molar-refractivity contribution in [3.8, 4) is 23.2 Å². The van der Waals surface area contributed by atoms with E-state index in [0.29, 0.717) is 22.7 Å². The van der Waals surface area contributed by atoms with Gasteiger partial charge >= 0.3 is 0 Å². The molecule has 0 radical (unpaired) electrons. The molecule has 0 bridgehead atoms. The molecule has 3 rings (SSSR count). The van der Waals surface area contributed by atoms with E-state index in [2.05, 4.69) is 14.7 Å². The maximum atomic E-state index is 13.8. The molecule has 0 spiro atoms. The normalized spacial score (nSPS) is 21.3. The van der Waals surface area contributed by atoms with E-state index in [1.165, 1.54) is 12.4 Å². The molecule has 1 aromatic carbocycles. The predicted octanol–water partition coefficient (Wildman–Crippen LogP) is 2.75. The van der Waals surface area contributed by atoms with Crippen molar-refractivity contribution in [3.63, 3.8) is 0 Å². The van der Waals surface area contributed by atoms with Crippen molar-refractivity contribution in [1.82, 2.24) is 14.7 Å². The molecule has 1 heterocycles. The van der Waals surface area contributed by atoms with Crippen molar-refractivity contribution >= 4 is 10.0 Å². The number of nitriles is 1. The number of benzene rings is 1. The molecule has 2 atom stereocenters. The summed E-state index contributed by atoms with van der Waals surface area (Å²) in [5.74, 6) is -2.56. The van der Waals surface area contributed by atoms with Gasteiger partial charge < -0.3 is 4.74 Å². The number of hydrogen-bond acceptors (Lipinski definition) is 6. The molecule has 0 saturated heterocycles. The molecular weight excluding hydrogens is 402 g/mol. The first-order valence-electron chi connectivity index (χ1n) is 8.96. The summed E-state index contributed by atoms with van der Waals surface area (Å²) in [6.45, 7) is -0.0323. The summed E-state index contributed by atoms with van der Waals surface area (Å²) in [4.78, 5) is 8.21. The monoisotopic (exact) mass is 422 g/mol. The van der Waals surface area contributed by atoms with Crippen molar-refractivity contribution in [2.24, 2.45) is 5.92 Å². The van der Waals surface area contributed by atoms with E-state index in [1.807, 2.05) is 6.07 Å². The predicted molar refractivity (Wildman–Crippen MR) is 102 cm³/mol. The number of aromatic nitrogens is 2. The number of rotatable bonds is 6. The second-order valence-corrected chi connectivity index (χ2v) is 8.88. The summed E-state index contributed by atoms with van der Waals surface area (Å²) in [6, 6.07) is 8.13. The highest BCUT2D eigenvalue weighted by atomic mass is 32.2. The first-order chi connectivity index (χ1) is 13.6. The molecule has 1 aliphatic carbocycles. The number of halogens is 2. The van der Waals surface area contributed by atoms with Crippen LogP contribution in [-0.2, 0) is 10.0 Å². The summed E-state index contributed by atoms with van der Waals surface area (Å²) in [7, 11) is -3.50. The van der Waals surface area contributed by atoms with Gasteiger partial charge in [-0.25, -0.2) is 31.9 Å². The van der Waals surface area contributed by atoms with Gasteiger partial charge in [-0.15, -0.1) is 0 Å². The van der Waals surface area contributed by atoms with Gasteiger partial charge in [0, 0.05) is 42.8 Å². The van der Waals surface area contributed by atoms with E-state index in [-0.39, 0.29) is 19.4 Å². The zero-order valence-corrected chi connectivity index (χ0v) is 16.5. The molecule has 1 aromatic heterocycles. The minimum Gasteiger partial charge on any atom is -0.493 e. The van der Waals surface area contributed by atoms with Crippen LogP contribution >= 0.6 is 0 Å². The Hall–Kier alpha value is -2.64. The van der Waals surface area contributed by atoms with E-state index in [0.717, 1.165) is 6.26 Å². The van der Waals surface area contributed by atoms with E-state index in [9.17, 15) is 17.2 Å². The Balaban J connectivity index is 1.66. The summed E-state index contributed by atoms with van der Waals surface area (Å²) >= 11 is 0. The van der Waals surface area contributed by atoms with Crippen LogP contribution in [0.2, 0.25) is 0 Å². The number of hydrogen-bond donors (Lipinski definition) is 1. The lowest BCUT2D eigenvalue weighted by atomic mass is 9.83. The van der Waals surface area contributed by atoms with Gasteiger partial charge in [-0.05, 0) is 30.7 Å². The minimum absolute atomic E-state index is 0.0323. The van der Waals surface area contributed by atoms with Crippen LogP contribution < -0.4 is 9.46 Å². The third-order valence-corrected chi connectivity index (χ3v) is 5.40. The Morgan fingerprint density at radius 3 is 2.52 bits per heavy atom. The smallest absolute Gasteiger partial charge is 0.248 e. The third-order valence-electron chi connectivity index (χ3n) is 4.67. The number of sulfonamides is 1. The molecule has 1 saturated carbocycles. The van der Waals surface area contributed by atoms with Crippen LogP contribution in [0.15, 0.2) is 36.7 Å². The van der Waals surface area contributed by atoms with Gasteiger partial charge in [0.05, 0.1) is 18.4 Å². The Morgan fingerprint density at radius 1 is 1.28 bits per heavy atom. The number of nitrogens with zero attached hydrogens (tertiary/aromatic N) is 3. The highest BCUT2D eigenvalue weighted by molar-refractivity contribution is 7.88. The van der Waals surface area contributed by atoms with Crippen molar-refractivity contribution in [3.05, 3.63) is 42.2 Å². The van der Waals surface area contributed by atoms with Gasteiger partial charge in [-0.1, -0.05) is 0 Å². The molecule has 1 N–H and O–H groups in total. The summed E-state index contributed by atoms with van der Waals surface area (Å²) < 4.78 is 58.8. The Morgan fingerprint density at radius 2 is 1.93 bits per heavy atom. The van der Waals surface area contributed by atoms with Gasteiger partial charge in [-0.3, -0.25) is 0 Å². The summed E-state index contributed by atoms with van der Waals surface area (Å²) in [6.07, 6.45) is 3.13. The summed E-state index contributed by atoms with van der Waals surface area (Å²) in [5, 5.41) is 8.78. The van der Waals surface area contributed by atoms with Gasteiger partial charge in [0.15, 0.2) is 5.82 Å². The fraction of sp³-hybridized carbons (Fsp3) is 0.421. The largest absolute Gasteiger partial charge is 0.493 e. The molecule has 7 nitrogen and oxygen atoms in total. The highest BCUT2D eigenvalue weighted by Crippen LogP contribution is 2.37. The van der Waals surface area contributed by atoms with Crippen LogP contribution in [0.4, 0.5) is 8.78 Å². The van der Waals surface area contributed by atoms with Crippen LogP contribution in [0.1, 0.15) is 24.8 Å². The van der Waals surface area contributed by atoms with Crippen molar-refractivity contribution < 1.29 is 21.9 Å². The molecule has 29 heavy (non-hydrogen) atoms. The van der Waals surface area contributed by atoms with E-state index in [1.54, 1.807) is 24.3 Å². The van der Waals surface area contributed by atoms with E-state index < -0.39 is 34.3 Å². The lowest BCUT2D eigenvalue weighted by molar-refractivity contribution is -0.0660. The number of alkyl halides is 2. The second kappa shape index (κ2) is 8.39. The lowest BCUT2D eigenvalue weighted by Crippen LogP contribution is -2.48. The average Bonchev–Trinajstić information content (AvgIpc) is 2.67. The van der Waals surface area contributed by atoms with Crippen molar-refractivity contribution in [2.75, 3.05) is 12.9 Å². The maximum Gasteiger partial charge on any atom is 0.248 e. The Bertz CT molecular complexity index is 990. The molecule has 1 fully saturated rings. The fourth-order valence-corrected chi connectivity index (χ4v) is 4.13. The SMILES string of the molecule is CS(=O)(=O)N[C@H]1CCC(F)(F)C[C@H]1COc1ccc(-c2ncc(C#N)cn2)cc1. The minimum atomic E-state index is -3.50. The number of ether oxygens (including phenoxy) is 1. The quantitative estimate of drug-likeness (QED) is 0.768. The van der Waals surface area contributed by atoms with E-state index in [4.69, 9.17) is 10.00 Å². The first-order valence-corrected chi connectivity index (χ1v) is 10.8. The van der Waals surface area contributed by atoms with Gasteiger partial charge in [-0.2, -0.15) is 5.26 Å². The number of nitrogens with one attached hydrogen (secondary N) is 1. The Labute approximate surface area is 167 Å². The van der Waals surface area contributed by atoms with Gasteiger partial charge in [0.1, 0.15) is 11.8 Å². The maximum absolute atomic E-state index is 13.8. The fourth-order valence-electron chi connectivity index (χ4n) is 3.27. The van der Waals surface area contributed by atoms with Crippen molar-refractivity contribution in [2.45, 2.75) is 31.2 Å². The third kappa shape index (κ3) is 5.92. The first kappa shape index (κ1) is 21.1. The molecule has 154 valence electrons. The molecule has 0 aliphatic heterocycles. The van der Waals surface area contributed by atoms with Gasteiger partial charge in [0.2, 0.25) is 15.9 Å². The van der Waals surface area contributed by atoms with Crippen LogP contribution in [0.25, 0.3) is 11.4 Å². The molecule has 0 amide bonds. The van der Waals surface area contributed by atoms with Gasteiger partial charge in [0.25, 0.3) is 0 Å². The topological polar surface area (TPSA) is 105 Å². The highest BCUT2D eigenvalue weighted by Gasteiger charge is 2.42. The molecule has 10 heteroatoms. The summed E-state index contributed by atoms with van der Waals surface area (Å²) in [5.41, 5.74) is 1.07. The molecular formula is C19H20F2N4O3S. The lowest BCUT2D eigenvalue weighted by Gasteiger charge is -2.35. The standard InChI is InChI=1S/C19H20F2N4O3S/c1-29(26,27)25-17-6-7-19(20,21)8-15(17)12-28-16-4-2-14(3-5-16)18-23-10-13(9-22)11-24-18/h2-5,10-11,15,17,25H,6-8,12H2,1H3/t15-,17-/m0/s1. The van der Waals surface area contributed by atoms with Crippen molar-refractivity contribution in [1.29, 1.82) is 5.26 Å². The van der Waals surface area contributed by atoms with Crippen LogP contribution in [-0.4, -0.2) is 43.2 Å². The van der Waals surface area contributed by atoms with Crippen LogP contribution in [0.3, 0.4) is 0 Å². The zero-order chi connectivity index (χ0) is 21.1. The van der Waals surface area contributed by atoms with Crippen LogP contribution in [0.5, 0.6) is 5.75 Å². The molecule has 0 unspecified atom stereocenters. The average molecular weight is 422 g/mol. The van der Waals surface area contributed by atoms with Crippen LogP contribution in [0, 0.1) is 17.2 Å². The molecule has 2 aromatic rings. The Kier molecular flexibility index (Phi) is 6.10. The zero-order valence-electron chi connectivity index (χ0n) is 15.7. The van der Waals surface area contributed by atoms with E-state index >= 15 is 0 Å². The second-order valence-electron chi connectivity index (χ2n) is 7.10. The molecule has 1 aliphatic rings.